The molecule has 0 aliphatic carbocycles. The van der Waals surface area contributed by atoms with Crippen LogP contribution in [0.5, 0.6) is 0 Å². The van der Waals surface area contributed by atoms with Crippen LogP contribution in [0.25, 0.3) is 32.0 Å². The minimum absolute atomic E-state index is 0.0196. The van der Waals surface area contributed by atoms with E-state index in [1.807, 2.05) is 55.5 Å². The number of carbonyl (C=O) groups is 1. The molecular formula is C29H27N3O4S. The first kappa shape index (κ1) is 23.8. The van der Waals surface area contributed by atoms with Crippen LogP contribution in [-0.4, -0.2) is 55.2 Å². The Hall–Kier alpha value is -3.59. The number of morpholine rings is 1. The third-order valence-corrected chi connectivity index (χ3v) is 7.96. The number of ether oxygens (including phenoxy) is 1. The Kier molecular flexibility index (Phi) is 6.46. The molecule has 1 amide bonds. The van der Waals surface area contributed by atoms with Crippen LogP contribution in [0.1, 0.15) is 22.3 Å². The lowest BCUT2D eigenvalue weighted by Crippen LogP contribution is -2.40. The van der Waals surface area contributed by atoms with Crippen molar-refractivity contribution in [2.24, 2.45) is 0 Å². The number of para-hydroxylation sites is 1. The number of thiazole rings is 1. The van der Waals surface area contributed by atoms with Gasteiger partial charge >= 0.3 is 5.63 Å². The lowest BCUT2D eigenvalue weighted by atomic mass is 10.0. The number of hydrogen-bond donors (Lipinski definition) is 0. The molecule has 7 nitrogen and oxygen atoms in total. The van der Waals surface area contributed by atoms with E-state index in [-0.39, 0.29) is 11.5 Å². The molecule has 0 saturated carbocycles. The van der Waals surface area contributed by atoms with Crippen molar-refractivity contribution in [2.45, 2.75) is 13.3 Å². The molecular weight excluding hydrogens is 486 g/mol. The van der Waals surface area contributed by atoms with Crippen molar-refractivity contribution < 1.29 is 13.9 Å². The number of hydrogen-bond acceptors (Lipinski definition) is 7. The highest BCUT2D eigenvalue weighted by Crippen LogP contribution is 2.32. The van der Waals surface area contributed by atoms with Crippen LogP contribution >= 0.6 is 11.3 Å². The predicted molar refractivity (Wildman–Crippen MR) is 148 cm³/mol. The molecule has 1 aliphatic rings. The topological polar surface area (TPSA) is 75.9 Å². The molecule has 0 radical (unpaired) electrons. The van der Waals surface area contributed by atoms with E-state index in [1.54, 1.807) is 17.0 Å². The predicted octanol–water partition coefficient (Wildman–Crippen LogP) is 5.23. The SMILES string of the molecule is Cc1cccc2sc(N(CCCN3CCOCC3)C(=O)c3cc4c(ccc5ccccc54)oc3=O)nc12. The van der Waals surface area contributed by atoms with E-state index in [2.05, 4.69) is 4.90 Å². The minimum atomic E-state index is -0.636. The Balaban J connectivity index is 1.39. The van der Waals surface area contributed by atoms with E-state index < -0.39 is 5.63 Å². The van der Waals surface area contributed by atoms with Crippen LogP contribution in [0.15, 0.2) is 69.9 Å². The fourth-order valence-corrected chi connectivity index (χ4v) is 5.99. The number of benzene rings is 3. The maximum absolute atomic E-state index is 14.0. The highest BCUT2D eigenvalue weighted by Gasteiger charge is 2.26. The number of aryl methyl sites for hydroxylation is 1. The molecule has 3 aromatic carbocycles. The summed E-state index contributed by atoms with van der Waals surface area (Å²) in [4.78, 5) is 35.8. The lowest BCUT2D eigenvalue weighted by Gasteiger charge is -2.27. The molecule has 6 rings (SSSR count). The lowest BCUT2D eigenvalue weighted by molar-refractivity contribution is 0.0376. The number of amides is 1. The first-order chi connectivity index (χ1) is 18.1. The number of fused-ring (bicyclic) bond motifs is 4. The highest BCUT2D eigenvalue weighted by molar-refractivity contribution is 7.22. The average Bonchev–Trinajstić information content (AvgIpc) is 3.36. The molecule has 5 aromatic rings. The second kappa shape index (κ2) is 10.0. The van der Waals surface area contributed by atoms with Gasteiger partial charge in [-0.25, -0.2) is 9.78 Å². The van der Waals surface area contributed by atoms with Gasteiger partial charge in [0.1, 0.15) is 11.1 Å². The molecule has 37 heavy (non-hydrogen) atoms. The Labute approximate surface area is 217 Å². The molecule has 0 spiro atoms. The molecule has 2 aromatic heterocycles. The van der Waals surface area contributed by atoms with Crippen LogP contribution in [0.4, 0.5) is 5.13 Å². The fraction of sp³-hybridized carbons (Fsp3) is 0.276. The molecule has 0 unspecified atom stereocenters. The first-order valence-electron chi connectivity index (χ1n) is 12.5. The number of carbonyl (C=O) groups excluding carboxylic acids is 1. The van der Waals surface area contributed by atoms with Crippen molar-refractivity contribution in [3.8, 4) is 0 Å². The smallest absolute Gasteiger partial charge is 0.349 e. The van der Waals surface area contributed by atoms with E-state index in [1.165, 1.54) is 11.3 Å². The molecule has 8 heteroatoms. The number of aromatic nitrogens is 1. The molecule has 3 heterocycles. The van der Waals surface area contributed by atoms with Gasteiger partial charge in [0.05, 0.1) is 23.4 Å². The van der Waals surface area contributed by atoms with E-state index >= 15 is 0 Å². The van der Waals surface area contributed by atoms with Crippen LogP contribution in [-0.2, 0) is 4.74 Å². The second-order valence-corrected chi connectivity index (χ2v) is 10.3. The maximum Gasteiger partial charge on any atom is 0.349 e. The number of anilines is 1. The van der Waals surface area contributed by atoms with Crippen molar-refractivity contribution in [1.82, 2.24) is 9.88 Å². The van der Waals surface area contributed by atoms with E-state index in [0.29, 0.717) is 17.3 Å². The van der Waals surface area contributed by atoms with Crippen molar-refractivity contribution in [1.29, 1.82) is 0 Å². The van der Waals surface area contributed by atoms with E-state index in [4.69, 9.17) is 14.1 Å². The summed E-state index contributed by atoms with van der Waals surface area (Å²) in [5, 5.41) is 3.29. The minimum Gasteiger partial charge on any atom is -0.422 e. The second-order valence-electron chi connectivity index (χ2n) is 9.33. The van der Waals surface area contributed by atoms with E-state index in [0.717, 1.165) is 71.2 Å². The van der Waals surface area contributed by atoms with Gasteiger partial charge in [-0.2, -0.15) is 0 Å². The van der Waals surface area contributed by atoms with E-state index in [9.17, 15) is 9.59 Å². The zero-order chi connectivity index (χ0) is 25.4. The van der Waals surface area contributed by atoms with Gasteiger partial charge < -0.3 is 9.15 Å². The van der Waals surface area contributed by atoms with Gasteiger partial charge in [0.15, 0.2) is 5.13 Å². The Morgan fingerprint density at radius 2 is 1.89 bits per heavy atom. The highest BCUT2D eigenvalue weighted by atomic mass is 32.1. The Bertz CT molecular complexity index is 1670. The zero-order valence-electron chi connectivity index (χ0n) is 20.6. The van der Waals surface area contributed by atoms with Crippen LogP contribution in [0.3, 0.4) is 0 Å². The molecule has 1 saturated heterocycles. The molecule has 1 fully saturated rings. The summed E-state index contributed by atoms with van der Waals surface area (Å²) in [7, 11) is 0. The fourth-order valence-electron chi connectivity index (χ4n) is 4.92. The first-order valence-corrected chi connectivity index (χ1v) is 13.3. The third kappa shape index (κ3) is 4.64. The van der Waals surface area contributed by atoms with Crippen LogP contribution in [0, 0.1) is 6.92 Å². The number of nitrogens with zero attached hydrogens (tertiary/aromatic N) is 3. The van der Waals surface area contributed by atoms with Gasteiger partial charge in [-0.3, -0.25) is 14.6 Å². The monoisotopic (exact) mass is 513 g/mol. The summed E-state index contributed by atoms with van der Waals surface area (Å²) in [6, 6.07) is 19.3. The summed E-state index contributed by atoms with van der Waals surface area (Å²) in [5.41, 5.74) is 1.78. The van der Waals surface area contributed by atoms with Crippen molar-refractivity contribution in [3.05, 3.63) is 82.2 Å². The third-order valence-electron chi connectivity index (χ3n) is 6.92. The van der Waals surface area contributed by atoms with Gasteiger partial charge in [0.25, 0.3) is 5.91 Å². The normalized spacial score (nSPS) is 14.5. The molecule has 0 N–H and O–H groups in total. The average molecular weight is 514 g/mol. The summed E-state index contributed by atoms with van der Waals surface area (Å²) in [6.07, 6.45) is 0.752. The quantitative estimate of drug-likeness (QED) is 0.229. The largest absolute Gasteiger partial charge is 0.422 e. The summed E-state index contributed by atoms with van der Waals surface area (Å²) in [6.45, 7) is 6.53. The van der Waals surface area contributed by atoms with Gasteiger partial charge in [-0.1, -0.05) is 53.8 Å². The van der Waals surface area contributed by atoms with Crippen LogP contribution < -0.4 is 10.5 Å². The Morgan fingerprint density at radius 1 is 1.05 bits per heavy atom. The molecule has 188 valence electrons. The summed E-state index contributed by atoms with van der Waals surface area (Å²) in [5.74, 6) is -0.387. The summed E-state index contributed by atoms with van der Waals surface area (Å²) < 4.78 is 12.1. The van der Waals surface area contributed by atoms with Gasteiger partial charge in [-0.05, 0) is 47.9 Å². The zero-order valence-corrected chi connectivity index (χ0v) is 21.4. The Morgan fingerprint density at radius 3 is 2.73 bits per heavy atom. The van der Waals surface area contributed by atoms with Crippen molar-refractivity contribution >= 4 is 54.3 Å². The van der Waals surface area contributed by atoms with Gasteiger partial charge in [-0.15, -0.1) is 0 Å². The number of rotatable bonds is 6. The molecule has 0 bridgehead atoms. The maximum atomic E-state index is 14.0. The standard InChI is InChI=1S/C29H27N3O4S/c1-19-6-4-9-25-26(19)30-29(37-25)32(13-5-12-31-14-16-35-17-15-31)27(33)23-18-22-21-8-3-2-7-20(21)10-11-24(22)36-28(23)34/h2-4,6-11,18H,5,12-17H2,1H3. The van der Waals surface area contributed by atoms with Gasteiger partial charge in [0.2, 0.25) is 0 Å². The van der Waals surface area contributed by atoms with Crippen LogP contribution in [0.2, 0.25) is 0 Å². The van der Waals surface area contributed by atoms with Gasteiger partial charge in [0, 0.05) is 31.6 Å². The van der Waals surface area contributed by atoms with Crippen molar-refractivity contribution in [2.75, 3.05) is 44.3 Å². The molecule has 1 aliphatic heterocycles. The molecule has 0 atom stereocenters. The van der Waals surface area contributed by atoms with Crippen molar-refractivity contribution in [3.63, 3.8) is 0 Å². The summed E-state index contributed by atoms with van der Waals surface area (Å²) >= 11 is 1.47.